The summed E-state index contributed by atoms with van der Waals surface area (Å²) in [4.78, 5) is 12.3. The lowest BCUT2D eigenvalue weighted by molar-refractivity contribution is 0.0939. The molecule has 0 radical (unpaired) electrons. The second kappa shape index (κ2) is 6.76. The van der Waals surface area contributed by atoms with Crippen LogP contribution in [0.15, 0.2) is 61.2 Å². The minimum atomic E-state index is -0.0748. The Morgan fingerprint density at radius 3 is 2.68 bits per heavy atom. The molecular formula is C19H18N4O2. The van der Waals surface area contributed by atoms with E-state index >= 15 is 0 Å². The lowest BCUT2D eigenvalue weighted by Gasteiger charge is -2.25. The molecule has 4 rings (SSSR count). The van der Waals surface area contributed by atoms with Crippen molar-refractivity contribution >= 4 is 5.91 Å². The van der Waals surface area contributed by atoms with Gasteiger partial charge in [-0.2, -0.15) is 0 Å². The van der Waals surface area contributed by atoms with Gasteiger partial charge in [-0.05, 0) is 42.3 Å². The second-order valence-corrected chi connectivity index (χ2v) is 6.11. The number of rotatable bonds is 4. The maximum atomic E-state index is 12.3. The third-order valence-corrected chi connectivity index (χ3v) is 4.35. The number of carbonyl (C=O) groups is 1. The summed E-state index contributed by atoms with van der Waals surface area (Å²) < 4.78 is 7.56. The van der Waals surface area contributed by atoms with Gasteiger partial charge in [0.2, 0.25) is 0 Å². The van der Waals surface area contributed by atoms with Gasteiger partial charge in [-0.15, -0.1) is 10.2 Å². The highest BCUT2D eigenvalue weighted by atomic mass is 16.5. The molecule has 3 aromatic rings. The van der Waals surface area contributed by atoms with Crippen molar-refractivity contribution in [2.24, 2.45) is 5.92 Å². The summed E-state index contributed by atoms with van der Waals surface area (Å²) in [7, 11) is 0. The minimum absolute atomic E-state index is 0.0748. The Morgan fingerprint density at radius 2 is 1.88 bits per heavy atom. The van der Waals surface area contributed by atoms with Gasteiger partial charge in [-0.3, -0.25) is 9.36 Å². The van der Waals surface area contributed by atoms with Crippen molar-refractivity contribution in [3.05, 3.63) is 72.3 Å². The highest BCUT2D eigenvalue weighted by molar-refractivity contribution is 5.94. The Morgan fingerprint density at radius 1 is 1.12 bits per heavy atom. The molecule has 2 heterocycles. The molecule has 25 heavy (non-hydrogen) atoms. The second-order valence-electron chi connectivity index (χ2n) is 6.11. The van der Waals surface area contributed by atoms with E-state index in [1.54, 1.807) is 29.4 Å². The largest absolute Gasteiger partial charge is 0.493 e. The Kier molecular flexibility index (Phi) is 4.16. The van der Waals surface area contributed by atoms with Crippen LogP contribution in [0.4, 0.5) is 0 Å². The van der Waals surface area contributed by atoms with Crippen molar-refractivity contribution in [2.45, 2.75) is 6.42 Å². The first-order valence-corrected chi connectivity index (χ1v) is 8.23. The minimum Gasteiger partial charge on any atom is -0.493 e. The van der Waals surface area contributed by atoms with Crippen LogP contribution >= 0.6 is 0 Å². The van der Waals surface area contributed by atoms with Gasteiger partial charge in [0.25, 0.3) is 5.91 Å². The first-order chi connectivity index (χ1) is 12.3. The van der Waals surface area contributed by atoms with E-state index in [0.29, 0.717) is 18.7 Å². The predicted molar refractivity (Wildman–Crippen MR) is 92.8 cm³/mol. The molecule has 1 N–H and O–H groups in total. The smallest absolute Gasteiger partial charge is 0.251 e. The normalized spacial score (nSPS) is 15.9. The molecule has 0 spiro atoms. The van der Waals surface area contributed by atoms with Gasteiger partial charge in [0.15, 0.2) is 0 Å². The van der Waals surface area contributed by atoms with Gasteiger partial charge >= 0.3 is 0 Å². The number of benzene rings is 2. The molecule has 1 amide bonds. The molecule has 1 atom stereocenters. The van der Waals surface area contributed by atoms with E-state index in [1.807, 2.05) is 30.3 Å². The maximum absolute atomic E-state index is 12.3. The van der Waals surface area contributed by atoms with E-state index in [2.05, 4.69) is 21.6 Å². The Labute approximate surface area is 145 Å². The SMILES string of the molecule is O=C(NCC1COc2ccccc2C1)c1ccc(-n2cnnc2)cc1. The number of fused-ring (bicyclic) bond motifs is 1. The number of ether oxygens (including phenoxy) is 1. The first kappa shape index (κ1) is 15.4. The fourth-order valence-corrected chi connectivity index (χ4v) is 2.98. The van der Waals surface area contributed by atoms with Crippen molar-refractivity contribution in [1.29, 1.82) is 0 Å². The predicted octanol–water partition coefficient (Wildman–Crippen LogP) is 2.25. The van der Waals surface area contributed by atoms with Crippen LogP contribution in [0.3, 0.4) is 0 Å². The van der Waals surface area contributed by atoms with E-state index < -0.39 is 0 Å². The molecule has 2 aromatic carbocycles. The maximum Gasteiger partial charge on any atom is 0.251 e. The van der Waals surface area contributed by atoms with Crippen LogP contribution in [0, 0.1) is 5.92 Å². The lowest BCUT2D eigenvalue weighted by atomic mass is 9.96. The van der Waals surface area contributed by atoms with Crippen LogP contribution in [0.5, 0.6) is 5.75 Å². The summed E-state index contributed by atoms with van der Waals surface area (Å²) in [5.74, 6) is 1.17. The third kappa shape index (κ3) is 3.38. The summed E-state index contributed by atoms with van der Waals surface area (Å²) in [6.07, 6.45) is 4.16. The summed E-state index contributed by atoms with van der Waals surface area (Å²) in [5.41, 5.74) is 2.75. The van der Waals surface area contributed by atoms with Gasteiger partial charge in [0.05, 0.1) is 6.61 Å². The van der Waals surface area contributed by atoms with E-state index in [4.69, 9.17) is 4.74 Å². The van der Waals surface area contributed by atoms with Crippen molar-refractivity contribution in [2.75, 3.05) is 13.2 Å². The molecule has 6 heteroatoms. The van der Waals surface area contributed by atoms with Gasteiger partial charge in [0.1, 0.15) is 18.4 Å². The number of nitrogens with one attached hydrogen (secondary N) is 1. The third-order valence-electron chi connectivity index (χ3n) is 4.35. The number of nitrogens with zero attached hydrogens (tertiary/aromatic N) is 3. The summed E-state index contributed by atoms with van der Waals surface area (Å²) in [5, 5.41) is 10.6. The van der Waals surface area contributed by atoms with Crippen molar-refractivity contribution in [3.63, 3.8) is 0 Å². The van der Waals surface area contributed by atoms with Gasteiger partial charge < -0.3 is 10.1 Å². The number of carbonyl (C=O) groups excluding carboxylic acids is 1. The Balaban J connectivity index is 1.35. The average Bonchev–Trinajstić information content (AvgIpc) is 3.21. The van der Waals surface area contributed by atoms with Crippen LogP contribution in [0.1, 0.15) is 15.9 Å². The van der Waals surface area contributed by atoms with Crippen LogP contribution in [0.2, 0.25) is 0 Å². The van der Waals surface area contributed by atoms with Crippen LogP contribution in [0.25, 0.3) is 5.69 Å². The van der Waals surface area contributed by atoms with Crippen LogP contribution in [-0.2, 0) is 6.42 Å². The molecule has 1 aliphatic heterocycles. The molecule has 1 aromatic heterocycles. The van der Waals surface area contributed by atoms with Gasteiger partial charge in [0, 0.05) is 23.7 Å². The zero-order valence-electron chi connectivity index (χ0n) is 13.6. The van der Waals surface area contributed by atoms with Gasteiger partial charge in [-0.1, -0.05) is 18.2 Å². The number of amides is 1. The molecule has 126 valence electrons. The summed E-state index contributed by atoms with van der Waals surface area (Å²) >= 11 is 0. The molecule has 0 saturated carbocycles. The molecule has 0 bridgehead atoms. The van der Waals surface area contributed by atoms with E-state index in [9.17, 15) is 4.79 Å². The number of hydrogen-bond donors (Lipinski definition) is 1. The highest BCUT2D eigenvalue weighted by Gasteiger charge is 2.20. The fraction of sp³-hybridized carbons (Fsp3) is 0.211. The van der Waals surface area contributed by atoms with Crippen molar-refractivity contribution in [1.82, 2.24) is 20.1 Å². The molecule has 0 fully saturated rings. The van der Waals surface area contributed by atoms with Crippen LogP contribution in [-0.4, -0.2) is 33.8 Å². The molecule has 1 unspecified atom stereocenters. The monoisotopic (exact) mass is 334 g/mol. The fourth-order valence-electron chi connectivity index (χ4n) is 2.98. The molecule has 0 aliphatic carbocycles. The number of aromatic nitrogens is 3. The quantitative estimate of drug-likeness (QED) is 0.794. The lowest BCUT2D eigenvalue weighted by Crippen LogP contribution is -2.34. The zero-order chi connectivity index (χ0) is 17.1. The van der Waals surface area contributed by atoms with E-state index in [0.717, 1.165) is 17.9 Å². The summed E-state index contributed by atoms with van der Waals surface area (Å²) in [6, 6.07) is 15.4. The average molecular weight is 334 g/mol. The molecule has 1 aliphatic rings. The number of hydrogen-bond acceptors (Lipinski definition) is 4. The van der Waals surface area contributed by atoms with Crippen molar-refractivity contribution < 1.29 is 9.53 Å². The Bertz CT molecular complexity index is 859. The molecular weight excluding hydrogens is 316 g/mol. The standard InChI is InChI=1S/C19H18N4O2/c24-19(15-5-7-17(8-6-15)23-12-21-22-13-23)20-10-14-9-16-3-1-2-4-18(16)25-11-14/h1-8,12-14H,9-11H2,(H,20,24). The van der Waals surface area contributed by atoms with E-state index in [-0.39, 0.29) is 11.8 Å². The highest BCUT2D eigenvalue weighted by Crippen LogP contribution is 2.26. The number of para-hydroxylation sites is 1. The van der Waals surface area contributed by atoms with Crippen LogP contribution < -0.4 is 10.1 Å². The first-order valence-electron chi connectivity index (χ1n) is 8.23. The summed E-state index contributed by atoms with van der Waals surface area (Å²) in [6.45, 7) is 1.23. The molecule has 6 nitrogen and oxygen atoms in total. The Hall–Kier alpha value is -3.15. The van der Waals surface area contributed by atoms with E-state index in [1.165, 1.54) is 5.56 Å². The molecule has 0 saturated heterocycles. The topological polar surface area (TPSA) is 69.0 Å². The van der Waals surface area contributed by atoms with Gasteiger partial charge in [-0.25, -0.2) is 0 Å². The van der Waals surface area contributed by atoms with Crippen molar-refractivity contribution in [3.8, 4) is 11.4 Å². The zero-order valence-corrected chi connectivity index (χ0v) is 13.6.